The summed E-state index contributed by atoms with van der Waals surface area (Å²) in [6, 6.07) is 3.96. The first-order valence-corrected chi connectivity index (χ1v) is 8.95. The van der Waals surface area contributed by atoms with Crippen LogP contribution in [0, 0.1) is 11.2 Å². The summed E-state index contributed by atoms with van der Waals surface area (Å²) in [6.45, 7) is 4.25. The minimum absolute atomic E-state index is 0. The van der Waals surface area contributed by atoms with Gasteiger partial charge in [-0.15, -0.1) is 12.4 Å². The number of benzene rings is 1. The highest BCUT2D eigenvalue weighted by atomic mass is 35.5. The van der Waals surface area contributed by atoms with Crippen LogP contribution >= 0.6 is 24.0 Å². The van der Waals surface area contributed by atoms with Crippen LogP contribution in [-0.2, 0) is 15.8 Å². The number of hydrogen-bond donors (Lipinski definition) is 2. The Morgan fingerprint density at radius 2 is 2.18 bits per heavy atom. The van der Waals surface area contributed by atoms with Crippen LogP contribution in [0.25, 0.3) is 0 Å². The van der Waals surface area contributed by atoms with Crippen molar-refractivity contribution in [1.29, 1.82) is 0 Å². The van der Waals surface area contributed by atoms with Crippen molar-refractivity contribution in [2.24, 2.45) is 5.41 Å². The summed E-state index contributed by atoms with van der Waals surface area (Å²) in [5.41, 5.74) is 0.409. The van der Waals surface area contributed by atoms with Gasteiger partial charge in [-0.1, -0.05) is 24.6 Å². The maximum Gasteiger partial charge on any atom is 0.215 e. The van der Waals surface area contributed by atoms with Crippen molar-refractivity contribution in [1.82, 2.24) is 10.0 Å². The van der Waals surface area contributed by atoms with Gasteiger partial charge in [-0.3, -0.25) is 0 Å². The highest BCUT2D eigenvalue weighted by molar-refractivity contribution is 7.88. The molecule has 2 N–H and O–H groups in total. The summed E-state index contributed by atoms with van der Waals surface area (Å²) in [5.74, 6) is -0.747. The standard InChI is InChI=1S/C14H20ClFN2O2S.ClH/c1-14(5-2-6-17-9-14)10-18-21(19,20)8-11-3-4-13(16)12(15)7-11;/h3-4,7,17-18H,2,5-6,8-10H2,1H3;1H. The van der Waals surface area contributed by atoms with Crippen molar-refractivity contribution in [2.75, 3.05) is 19.6 Å². The number of nitrogens with one attached hydrogen (secondary N) is 2. The third-order valence-electron chi connectivity index (χ3n) is 3.75. The van der Waals surface area contributed by atoms with Crippen molar-refractivity contribution >= 4 is 34.0 Å². The zero-order valence-electron chi connectivity index (χ0n) is 12.4. The molecule has 0 radical (unpaired) electrons. The summed E-state index contributed by atoms with van der Waals surface area (Å²) in [7, 11) is -3.46. The van der Waals surface area contributed by atoms with Crippen molar-refractivity contribution in [3.05, 3.63) is 34.6 Å². The number of rotatable bonds is 5. The Bertz CT molecular complexity index is 605. The van der Waals surface area contributed by atoms with Crippen LogP contribution in [-0.4, -0.2) is 28.1 Å². The van der Waals surface area contributed by atoms with Gasteiger partial charge in [0.25, 0.3) is 0 Å². The molecule has 0 spiro atoms. The van der Waals surface area contributed by atoms with Crippen molar-refractivity contribution in [3.8, 4) is 0 Å². The molecule has 1 aliphatic heterocycles. The third kappa shape index (κ3) is 5.66. The Balaban J connectivity index is 0.00000242. The van der Waals surface area contributed by atoms with Gasteiger partial charge in [-0.05, 0) is 42.5 Å². The Labute approximate surface area is 142 Å². The summed E-state index contributed by atoms with van der Waals surface area (Å²) in [5, 5.41) is 3.22. The van der Waals surface area contributed by atoms with Crippen LogP contribution in [0.4, 0.5) is 4.39 Å². The van der Waals surface area contributed by atoms with Crippen LogP contribution in [0.2, 0.25) is 5.02 Å². The van der Waals surface area contributed by atoms with E-state index in [2.05, 4.69) is 17.0 Å². The Kier molecular flexibility index (Phi) is 7.08. The summed E-state index contributed by atoms with van der Waals surface area (Å²) >= 11 is 5.67. The van der Waals surface area contributed by atoms with E-state index in [0.717, 1.165) is 25.9 Å². The first-order valence-electron chi connectivity index (χ1n) is 6.92. The largest absolute Gasteiger partial charge is 0.316 e. The molecule has 0 amide bonds. The predicted molar refractivity (Wildman–Crippen MR) is 89.5 cm³/mol. The zero-order valence-corrected chi connectivity index (χ0v) is 14.8. The predicted octanol–water partition coefficient (Wildman–Crippen LogP) is 2.71. The lowest BCUT2D eigenvalue weighted by molar-refractivity contribution is 0.238. The van der Waals surface area contributed by atoms with Crippen LogP contribution in [0.1, 0.15) is 25.3 Å². The molecule has 0 aromatic heterocycles. The Morgan fingerprint density at radius 3 is 2.77 bits per heavy atom. The second-order valence-corrected chi connectivity index (χ2v) is 8.13. The molecular formula is C14H21Cl2FN2O2S. The zero-order chi connectivity index (χ0) is 15.5. The maximum absolute atomic E-state index is 13.1. The van der Waals surface area contributed by atoms with Crippen LogP contribution in [0.15, 0.2) is 18.2 Å². The number of piperidine rings is 1. The molecule has 1 saturated heterocycles. The maximum atomic E-state index is 13.1. The van der Waals surface area contributed by atoms with Gasteiger partial charge in [0.05, 0.1) is 10.8 Å². The fourth-order valence-electron chi connectivity index (χ4n) is 2.45. The number of halogens is 3. The van der Waals surface area contributed by atoms with Crippen molar-refractivity contribution in [2.45, 2.75) is 25.5 Å². The van der Waals surface area contributed by atoms with Crippen molar-refractivity contribution < 1.29 is 12.8 Å². The highest BCUT2D eigenvalue weighted by Crippen LogP contribution is 2.24. The van der Waals surface area contributed by atoms with Gasteiger partial charge in [0.15, 0.2) is 0 Å². The summed E-state index contributed by atoms with van der Waals surface area (Å²) in [4.78, 5) is 0. The molecular weight excluding hydrogens is 350 g/mol. The molecule has 1 fully saturated rings. The normalized spacial score (nSPS) is 22.1. The molecule has 0 bridgehead atoms. The average molecular weight is 371 g/mol. The molecule has 126 valence electrons. The minimum atomic E-state index is -3.46. The Hall–Kier alpha value is -0.400. The second-order valence-electron chi connectivity index (χ2n) is 5.92. The lowest BCUT2D eigenvalue weighted by Crippen LogP contribution is -2.45. The third-order valence-corrected chi connectivity index (χ3v) is 5.33. The molecule has 0 saturated carbocycles. The molecule has 1 heterocycles. The van der Waals surface area contributed by atoms with Gasteiger partial charge >= 0.3 is 0 Å². The van der Waals surface area contributed by atoms with E-state index in [-0.39, 0.29) is 28.6 Å². The molecule has 1 unspecified atom stereocenters. The molecule has 0 aliphatic carbocycles. The average Bonchev–Trinajstić information content (AvgIpc) is 2.42. The first-order chi connectivity index (χ1) is 9.80. The molecule has 1 atom stereocenters. The van der Waals surface area contributed by atoms with Crippen LogP contribution < -0.4 is 10.0 Å². The van der Waals surface area contributed by atoms with Gasteiger partial charge < -0.3 is 5.32 Å². The second kappa shape index (κ2) is 7.93. The fraction of sp³-hybridized carbons (Fsp3) is 0.571. The van der Waals surface area contributed by atoms with E-state index in [4.69, 9.17) is 11.6 Å². The van der Waals surface area contributed by atoms with E-state index in [0.29, 0.717) is 12.1 Å². The van der Waals surface area contributed by atoms with E-state index in [1.165, 1.54) is 18.2 Å². The monoisotopic (exact) mass is 370 g/mol. The molecule has 1 aromatic rings. The number of sulfonamides is 1. The van der Waals surface area contributed by atoms with E-state index in [1.807, 2.05) is 0 Å². The lowest BCUT2D eigenvalue weighted by atomic mass is 9.83. The topological polar surface area (TPSA) is 58.2 Å². The minimum Gasteiger partial charge on any atom is -0.316 e. The Morgan fingerprint density at radius 1 is 1.45 bits per heavy atom. The number of hydrogen-bond acceptors (Lipinski definition) is 3. The molecule has 1 aliphatic rings. The van der Waals surface area contributed by atoms with Gasteiger partial charge in [-0.2, -0.15) is 0 Å². The molecule has 4 nitrogen and oxygen atoms in total. The molecule has 2 rings (SSSR count). The quantitative estimate of drug-likeness (QED) is 0.837. The highest BCUT2D eigenvalue weighted by Gasteiger charge is 2.28. The van der Waals surface area contributed by atoms with Crippen LogP contribution in [0.5, 0.6) is 0 Å². The van der Waals surface area contributed by atoms with Gasteiger partial charge in [-0.25, -0.2) is 17.5 Å². The van der Waals surface area contributed by atoms with Gasteiger partial charge in [0, 0.05) is 13.1 Å². The first kappa shape index (κ1) is 19.6. The summed E-state index contributed by atoms with van der Waals surface area (Å²) in [6.07, 6.45) is 2.04. The van der Waals surface area contributed by atoms with E-state index >= 15 is 0 Å². The SMILES string of the molecule is CC1(CNS(=O)(=O)Cc2ccc(F)c(Cl)c2)CCCNC1.Cl. The van der Waals surface area contributed by atoms with E-state index in [1.54, 1.807) is 0 Å². The molecule has 8 heteroatoms. The van der Waals surface area contributed by atoms with Gasteiger partial charge in [0.1, 0.15) is 5.82 Å². The molecule has 1 aromatic carbocycles. The van der Waals surface area contributed by atoms with Gasteiger partial charge in [0.2, 0.25) is 10.0 Å². The fourth-order valence-corrected chi connectivity index (χ4v) is 3.95. The van der Waals surface area contributed by atoms with E-state index in [9.17, 15) is 12.8 Å². The summed E-state index contributed by atoms with van der Waals surface area (Å²) < 4.78 is 39.9. The van der Waals surface area contributed by atoms with Crippen molar-refractivity contribution in [3.63, 3.8) is 0 Å². The lowest BCUT2D eigenvalue weighted by Gasteiger charge is -2.34. The van der Waals surface area contributed by atoms with E-state index < -0.39 is 15.8 Å². The molecule has 22 heavy (non-hydrogen) atoms. The smallest absolute Gasteiger partial charge is 0.215 e. The van der Waals surface area contributed by atoms with Crippen LogP contribution in [0.3, 0.4) is 0 Å².